The van der Waals surface area contributed by atoms with E-state index < -0.39 is 11.7 Å². The number of para-hydroxylation sites is 1. The fourth-order valence-corrected chi connectivity index (χ4v) is 2.48. The molecule has 3 nitrogen and oxygen atoms in total. The third-order valence-electron chi connectivity index (χ3n) is 3.88. The maximum Gasteiger partial charge on any atom is 0.416 e. The van der Waals surface area contributed by atoms with Gasteiger partial charge in [-0.25, -0.2) is 5.43 Å². The molecule has 0 aromatic heterocycles. The molecule has 3 aromatic carbocycles. The number of alkyl halides is 3. The molecule has 6 heteroatoms. The normalized spacial score (nSPS) is 11.2. The number of hydrogen-bond acceptors (Lipinski definition) is 3. The molecule has 0 amide bonds. The Morgan fingerprint density at radius 3 is 2.22 bits per heavy atom. The predicted molar refractivity (Wildman–Crippen MR) is 99.1 cm³/mol. The van der Waals surface area contributed by atoms with Gasteiger partial charge >= 0.3 is 6.18 Å². The van der Waals surface area contributed by atoms with Crippen molar-refractivity contribution < 1.29 is 17.9 Å². The molecule has 3 aromatic rings. The van der Waals surface area contributed by atoms with E-state index in [9.17, 15) is 13.2 Å². The highest BCUT2D eigenvalue weighted by molar-refractivity contribution is 5.41. The van der Waals surface area contributed by atoms with E-state index >= 15 is 0 Å². The number of anilines is 1. The molecule has 0 bridgehead atoms. The van der Waals surface area contributed by atoms with Gasteiger partial charge in [0.15, 0.2) is 0 Å². The van der Waals surface area contributed by atoms with Crippen molar-refractivity contribution in [1.82, 2.24) is 5.43 Å². The summed E-state index contributed by atoms with van der Waals surface area (Å²) in [5.41, 5.74) is 8.04. The summed E-state index contributed by atoms with van der Waals surface area (Å²) >= 11 is 0. The van der Waals surface area contributed by atoms with Gasteiger partial charge in [0, 0.05) is 12.2 Å². The van der Waals surface area contributed by atoms with E-state index in [-0.39, 0.29) is 6.61 Å². The minimum absolute atomic E-state index is 0.0804. The molecule has 0 spiro atoms. The maximum atomic E-state index is 12.7. The van der Waals surface area contributed by atoms with Crippen LogP contribution < -0.4 is 15.6 Å². The minimum Gasteiger partial charge on any atom is -0.489 e. The highest BCUT2D eigenvalue weighted by Gasteiger charge is 2.30. The van der Waals surface area contributed by atoms with E-state index in [1.54, 1.807) is 18.2 Å². The van der Waals surface area contributed by atoms with Gasteiger partial charge in [-0.2, -0.15) is 13.2 Å². The van der Waals surface area contributed by atoms with Gasteiger partial charge in [0.05, 0.1) is 5.56 Å². The van der Waals surface area contributed by atoms with Gasteiger partial charge in [-0.05, 0) is 47.5 Å². The molecule has 0 saturated carbocycles. The van der Waals surface area contributed by atoms with Crippen LogP contribution in [-0.4, -0.2) is 0 Å². The van der Waals surface area contributed by atoms with Crippen molar-refractivity contribution in [3.05, 3.63) is 95.6 Å². The Hall–Kier alpha value is -2.99. The van der Waals surface area contributed by atoms with Crippen molar-refractivity contribution in [2.24, 2.45) is 0 Å². The van der Waals surface area contributed by atoms with E-state index in [2.05, 4.69) is 10.9 Å². The molecule has 0 radical (unpaired) electrons. The standard InChI is InChI=1S/C21H19F3N2O/c22-21(23,24)18-6-4-5-17(13-18)15-27-20-11-9-16(10-12-20)14-25-26-19-7-2-1-3-8-19/h1-13,25-26H,14-15H2. The van der Waals surface area contributed by atoms with E-state index in [4.69, 9.17) is 4.74 Å². The van der Waals surface area contributed by atoms with Crippen LogP contribution >= 0.6 is 0 Å². The van der Waals surface area contributed by atoms with Gasteiger partial charge in [-0.1, -0.05) is 42.5 Å². The van der Waals surface area contributed by atoms with Crippen molar-refractivity contribution in [2.45, 2.75) is 19.3 Å². The fraction of sp³-hybridized carbons (Fsp3) is 0.143. The van der Waals surface area contributed by atoms with Gasteiger partial charge in [0.1, 0.15) is 12.4 Å². The lowest BCUT2D eigenvalue weighted by Crippen LogP contribution is -2.20. The van der Waals surface area contributed by atoms with E-state index in [0.29, 0.717) is 17.9 Å². The van der Waals surface area contributed by atoms with Crippen LogP contribution in [-0.2, 0) is 19.3 Å². The number of hydrogen-bond donors (Lipinski definition) is 2. The van der Waals surface area contributed by atoms with Crippen LogP contribution in [0.25, 0.3) is 0 Å². The summed E-state index contributed by atoms with van der Waals surface area (Å²) in [4.78, 5) is 0. The van der Waals surface area contributed by atoms with Crippen molar-refractivity contribution in [3.8, 4) is 5.75 Å². The second-order valence-corrected chi connectivity index (χ2v) is 5.98. The smallest absolute Gasteiger partial charge is 0.416 e. The fourth-order valence-electron chi connectivity index (χ4n) is 2.48. The number of halogens is 3. The monoisotopic (exact) mass is 372 g/mol. The SMILES string of the molecule is FC(F)(F)c1cccc(COc2ccc(CNNc3ccccc3)cc2)c1. The zero-order valence-electron chi connectivity index (χ0n) is 14.5. The van der Waals surface area contributed by atoms with Gasteiger partial charge in [0.2, 0.25) is 0 Å². The number of ether oxygens (including phenoxy) is 1. The Morgan fingerprint density at radius 2 is 1.52 bits per heavy atom. The van der Waals surface area contributed by atoms with E-state index in [0.717, 1.165) is 23.4 Å². The van der Waals surface area contributed by atoms with Crippen molar-refractivity contribution in [2.75, 3.05) is 5.43 Å². The van der Waals surface area contributed by atoms with Crippen molar-refractivity contribution >= 4 is 5.69 Å². The maximum absolute atomic E-state index is 12.7. The molecule has 140 valence electrons. The number of benzene rings is 3. The van der Waals surface area contributed by atoms with E-state index in [1.807, 2.05) is 42.5 Å². The summed E-state index contributed by atoms with van der Waals surface area (Å²) in [7, 11) is 0. The molecule has 0 fully saturated rings. The molecule has 0 unspecified atom stereocenters. The molecule has 2 N–H and O–H groups in total. The molecule has 0 aliphatic carbocycles. The molecule has 0 saturated heterocycles. The van der Waals surface area contributed by atoms with Gasteiger partial charge in [-0.3, -0.25) is 0 Å². The summed E-state index contributed by atoms with van der Waals surface area (Å²) in [6.45, 7) is 0.694. The van der Waals surface area contributed by atoms with Gasteiger partial charge < -0.3 is 10.2 Å². The first kappa shape index (κ1) is 18.8. The van der Waals surface area contributed by atoms with Crippen LogP contribution in [0.3, 0.4) is 0 Å². The summed E-state index contributed by atoms with van der Waals surface area (Å²) in [6.07, 6.45) is -4.35. The first-order valence-electron chi connectivity index (χ1n) is 8.42. The largest absolute Gasteiger partial charge is 0.489 e. The Balaban J connectivity index is 1.49. The lowest BCUT2D eigenvalue weighted by atomic mass is 10.1. The Morgan fingerprint density at radius 1 is 0.778 bits per heavy atom. The molecule has 0 aliphatic rings. The third-order valence-corrected chi connectivity index (χ3v) is 3.88. The predicted octanol–water partition coefficient (Wildman–Crippen LogP) is 5.40. The number of hydrazine groups is 1. The molecule has 0 aliphatic heterocycles. The van der Waals surface area contributed by atoms with Gasteiger partial charge in [-0.15, -0.1) is 0 Å². The topological polar surface area (TPSA) is 33.3 Å². The van der Waals surface area contributed by atoms with Crippen LogP contribution in [0.5, 0.6) is 5.75 Å². The quantitative estimate of drug-likeness (QED) is 0.545. The molecule has 0 heterocycles. The highest BCUT2D eigenvalue weighted by atomic mass is 19.4. The Bertz CT molecular complexity index is 849. The van der Waals surface area contributed by atoms with Crippen LogP contribution in [0.1, 0.15) is 16.7 Å². The molecule has 0 atom stereocenters. The Labute approximate surface area is 155 Å². The van der Waals surface area contributed by atoms with Crippen molar-refractivity contribution in [1.29, 1.82) is 0 Å². The summed E-state index contributed by atoms with van der Waals surface area (Å²) in [6, 6.07) is 22.3. The zero-order chi connectivity index (χ0) is 19.1. The minimum atomic E-state index is -4.35. The van der Waals surface area contributed by atoms with Crippen LogP contribution in [0.2, 0.25) is 0 Å². The lowest BCUT2D eigenvalue weighted by Gasteiger charge is -2.11. The molecular formula is C21H19F3N2O. The van der Waals surface area contributed by atoms with Crippen LogP contribution in [0, 0.1) is 0 Å². The zero-order valence-corrected chi connectivity index (χ0v) is 14.5. The second kappa shape index (κ2) is 8.60. The van der Waals surface area contributed by atoms with Crippen LogP contribution in [0.4, 0.5) is 18.9 Å². The summed E-state index contributed by atoms with van der Waals surface area (Å²) < 4.78 is 43.8. The average Bonchev–Trinajstić information content (AvgIpc) is 2.68. The first-order chi connectivity index (χ1) is 13.0. The van der Waals surface area contributed by atoms with Crippen LogP contribution in [0.15, 0.2) is 78.9 Å². The first-order valence-corrected chi connectivity index (χ1v) is 8.42. The number of nitrogens with one attached hydrogen (secondary N) is 2. The summed E-state index contributed by atoms with van der Waals surface area (Å²) in [5, 5.41) is 0. The molecular weight excluding hydrogens is 353 g/mol. The second-order valence-electron chi connectivity index (χ2n) is 5.98. The highest BCUT2D eigenvalue weighted by Crippen LogP contribution is 2.29. The Kier molecular flexibility index (Phi) is 5.98. The summed E-state index contributed by atoms with van der Waals surface area (Å²) in [5.74, 6) is 0.604. The third kappa shape index (κ3) is 5.76. The molecule has 3 rings (SSSR count). The van der Waals surface area contributed by atoms with Crippen molar-refractivity contribution in [3.63, 3.8) is 0 Å². The lowest BCUT2D eigenvalue weighted by molar-refractivity contribution is -0.137. The van der Waals surface area contributed by atoms with E-state index in [1.165, 1.54) is 6.07 Å². The average molecular weight is 372 g/mol. The molecule has 27 heavy (non-hydrogen) atoms. The number of rotatable bonds is 7. The van der Waals surface area contributed by atoms with Gasteiger partial charge in [0.25, 0.3) is 0 Å².